The Morgan fingerprint density at radius 2 is 2.06 bits per heavy atom. The predicted octanol–water partition coefficient (Wildman–Crippen LogP) is 1.11. The van der Waals surface area contributed by atoms with Crippen LogP contribution in [-0.2, 0) is 9.53 Å². The lowest BCUT2D eigenvalue weighted by Gasteiger charge is -2.31. The van der Waals surface area contributed by atoms with Crippen molar-refractivity contribution in [3.63, 3.8) is 0 Å². The molecular weight excluding hydrogens is 236 g/mol. The fourth-order valence-corrected chi connectivity index (χ4v) is 2.21. The molecule has 0 aliphatic heterocycles. The summed E-state index contributed by atoms with van der Waals surface area (Å²) < 4.78 is 5.34. The van der Waals surface area contributed by atoms with Crippen LogP contribution in [0.1, 0.15) is 38.5 Å². The molecule has 2 amide bonds. The van der Waals surface area contributed by atoms with Gasteiger partial charge in [-0.3, -0.25) is 4.79 Å². The van der Waals surface area contributed by atoms with Crippen LogP contribution in [0.15, 0.2) is 0 Å². The van der Waals surface area contributed by atoms with Crippen LogP contribution in [0, 0.1) is 0 Å². The van der Waals surface area contributed by atoms with E-state index in [1.807, 2.05) is 0 Å². The quantitative estimate of drug-likeness (QED) is 0.623. The van der Waals surface area contributed by atoms with Gasteiger partial charge in [-0.1, -0.05) is 12.8 Å². The van der Waals surface area contributed by atoms with Gasteiger partial charge in [0.1, 0.15) is 0 Å². The summed E-state index contributed by atoms with van der Waals surface area (Å²) in [6, 6.07) is -0.183. The van der Waals surface area contributed by atoms with E-state index in [4.69, 9.17) is 9.84 Å². The maximum absolute atomic E-state index is 11.6. The van der Waals surface area contributed by atoms with Crippen molar-refractivity contribution in [3.8, 4) is 0 Å². The molecule has 6 heteroatoms. The topological polar surface area (TPSA) is 87.7 Å². The molecule has 18 heavy (non-hydrogen) atoms. The second-order valence-corrected chi connectivity index (χ2v) is 4.56. The molecule has 6 nitrogen and oxygen atoms in total. The molecule has 0 aromatic rings. The minimum absolute atomic E-state index is 0.0585. The van der Waals surface area contributed by atoms with Crippen LogP contribution < -0.4 is 10.6 Å². The number of carboxylic acids is 1. The van der Waals surface area contributed by atoms with Crippen LogP contribution >= 0.6 is 0 Å². The van der Waals surface area contributed by atoms with Gasteiger partial charge in [0, 0.05) is 20.1 Å². The van der Waals surface area contributed by atoms with Crippen LogP contribution in [-0.4, -0.2) is 42.9 Å². The summed E-state index contributed by atoms with van der Waals surface area (Å²) in [6.45, 7) is 0.377. The fraction of sp³-hybridized carbons (Fsp3) is 0.833. The van der Waals surface area contributed by atoms with E-state index >= 15 is 0 Å². The molecule has 1 fully saturated rings. The van der Waals surface area contributed by atoms with Gasteiger partial charge in [-0.05, 0) is 19.3 Å². The number of amides is 2. The Kier molecular flexibility index (Phi) is 6.49. The molecule has 0 saturated heterocycles. The molecule has 2 atom stereocenters. The van der Waals surface area contributed by atoms with Gasteiger partial charge in [0.2, 0.25) is 0 Å². The molecule has 0 unspecified atom stereocenters. The number of carbonyl (C=O) groups is 2. The lowest BCUT2D eigenvalue weighted by Crippen LogP contribution is -2.49. The molecule has 0 radical (unpaired) electrons. The van der Waals surface area contributed by atoms with Gasteiger partial charge >= 0.3 is 12.0 Å². The van der Waals surface area contributed by atoms with Gasteiger partial charge in [-0.15, -0.1) is 0 Å². The molecule has 0 heterocycles. The average molecular weight is 258 g/mol. The van der Waals surface area contributed by atoms with Gasteiger partial charge < -0.3 is 20.5 Å². The summed E-state index contributed by atoms with van der Waals surface area (Å²) in [5, 5.41) is 14.0. The molecule has 1 aliphatic carbocycles. The second kappa shape index (κ2) is 7.92. The van der Waals surface area contributed by atoms with Gasteiger partial charge in [0.05, 0.1) is 12.1 Å². The third-order valence-electron chi connectivity index (χ3n) is 3.17. The summed E-state index contributed by atoms with van der Waals surface area (Å²) in [7, 11) is 1.66. The Bertz CT molecular complexity index is 283. The monoisotopic (exact) mass is 258 g/mol. The lowest BCUT2D eigenvalue weighted by molar-refractivity contribution is -0.137. The van der Waals surface area contributed by atoms with E-state index in [2.05, 4.69) is 10.6 Å². The highest BCUT2D eigenvalue weighted by molar-refractivity contribution is 5.74. The number of hydrogen-bond acceptors (Lipinski definition) is 3. The molecule has 1 saturated carbocycles. The zero-order valence-corrected chi connectivity index (χ0v) is 10.8. The Labute approximate surface area is 107 Å². The predicted molar refractivity (Wildman–Crippen MR) is 66.5 cm³/mol. The Balaban J connectivity index is 2.19. The van der Waals surface area contributed by atoms with E-state index in [1.165, 1.54) is 0 Å². The maximum atomic E-state index is 11.6. The first-order valence-electron chi connectivity index (χ1n) is 6.42. The number of carboxylic acid groups (broad SMARTS) is 1. The van der Waals surface area contributed by atoms with Crippen molar-refractivity contribution in [2.45, 2.75) is 50.7 Å². The van der Waals surface area contributed by atoms with E-state index in [0.29, 0.717) is 13.0 Å². The Morgan fingerprint density at radius 3 is 2.72 bits per heavy atom. The molecule has 0 spiro atoms. The molecule has 0 aromatic carbocycles. The molecule has 1 rings (SSSR count). The van der Waals surface area contributed by atoms with Crippen molar-refractivity contribution in [2.75, 3.05) is 13.7 Å². The number of urea groups is 1. The number of rotatable bonds is 6. The lowest BCUT2D eigenvalue weighted by atomic mass is 9.92. The highest BCUT2D eigenvalue weighted by atomic mass is 16.5. The first-order valence-corrected chi connectivity index (χ1v) is 6.42. The van der Waals surface area contributed by atoms with Crippen molar-refractivity contribution >= 4 is 12.0 Å². The molecule has 3 N–H and O–H groups in total. The minimum atomic E-state index is -0.844. The number of aliphatic carboxylic acids is 1. The number of carbonyl (C=O) groups excluding carboxylic acids is 1. The van der Waals surface area contributed by atoms with Crippen molar-refractivity contribution < 1.29 is 19.4 Å². The minimum Gasteiger partial charge on any atom is -0.481 e. The summed E-state index contributed by atoms with van der Waals surface area (Å²) in [4.78, 5) is 21.9. The van der Waals surface area contributed by atoms with Crippen LogP contribution in [0.2, 0.25) is 0 Å². The summed E-state index contributed by atoms with van der Waals surface area (Å²) in [5.74, 6) is -0.844. The fourth-order valence-electron chi connectivity index (χ4n) is 2.21. The summed E-state index contributed by atoms with van der Waals surface area (Å²) in [6.07, 6.45) is 4.75. The van der Waals surface area contributed by atoms with Crippen LogP contribution in [0.25, 0.3) is 0 Å². The van der Waals surface area contributed by atoms with Crippen molar-refractivity contribution in [1.82, 2.24) is 10.6 Å². The van der Waals surface area contributed by atoms with E-state index in [9.17, 15) is 9.59 Å². The van der Waals surface area contributed by atoms with E-state index in [1.54, 1.807) is 7.11 Å². The Hall–Kier alpha value is -1.30. The zero-order valence-electron chi connectivity index (χ0n) is 10.8. The zero-order chi connectivity index (χ0) is 13.4. The number of ether oxygens (including phenoxy) is 1. The van der Waals surface area contributed by atoms with Crippen LogP contribution in [0.3, 0.4) is 0 Å². The van der Waals surface area contributed by atoms with E-state index in [-0.39, 0.29) is 24.6 Å². The average Bonchev–Trinajstić information content (AvgIpc) is 2.35. The SMILES string of the molecule is CO[C@H]1CCCC[C@@H]1NC(=O)NCCCC(=O)O. The number of hydrogen-bond donors (Lipinski definition) is 3. The van der Waals surface area contributed by atoms with Gasteiger partial charge in [-0.2, -0.15) is 0 Å². The van der Waals surface area contributed by atoms with Crippen molar-refractivity contribution in [2.24, 2.45) is 0 Å². The highest BCUT2D eigenvalue weighted by Crippen LogP contribution is 2.20. The normalized spacial score (nSPS) is 23.4. The summed E-state index contributed by atoms with van der Waals surface area (Å²) in [5.41, 5.74) is 0. The van der Waals surface area contributed by atoms with Gasteiger partial charge in [0.15, 0.2) is 0 Å². The Morgan fingerprint density at radius 1 is 1.33 bits per heavy atom. The standard InChI is InChI=1S/C12H22N2O4/c1-18-10-6-3-2-5-9(10)14-12(17)13-8-4-7-11(15)16/h9-10H,2-8H2,1H3,(H,15,16)(H2,13,14,17)/t9-,10-/m0/s1. The number of nitrogens with one attached hydrogen (secondary N) is 2. The van der Waals surface area contributed by atoms with Gasteiger partial charge in [0.25, 0.3) is 0 Å². The molecular formula is C12H22N2O4. The smallest absolute Gasteiger partial charge is 0.315 e. The first-order chi connectivity index (χ1) is 8.63. The van der Waals surface area contributed by atoms with Crippen LogP contribution in [0.5, 0.6) is 0 Å². The third kappa shape index (κ3) is 5.35. The third-order valence-corrected chi connectivity index (χ3v) is 3.17. The molecule has 0 bridgehead atoms. The molecule has 0 aromatic heterocycles. The van der Waals surface area contributed by atoms with Crippen molar-refractivity contribution in [1.29, 1.82) is 0 Å². The second-order valence-electron chi connectivity index (χ2n) is 4.56. The molecule has 1 aliphatic rings. The van der Waals surface area contributed by atoms with Gasteiger partial charge in [-0.25, -0.2) is 4.79 Å². The van der Waals surface area contributed by atoms with Crippen molar-refractivity contribution in [3.05, 3.63) is 0 Å². The summed E-state index contributed by atoms with van der Waals surface area (Å²) >= 11 is 0. The largest absolute Gasteiger partial charge is 0.481 e. The van der Waals surface area contributed by atoms with E-state index in [0.717, 1.165) is 25.7 Å². The van der Waals surface area contributed by atoms with Crippen LogP contribution in [0.4, 0.5) is 4.79 Å². The number of methoxy groups -OCH3 is 1. The highest BCUT2D eigenvalue weighted by Gasteiger charge is 2.25. The van der Waals surface area contributed by atoms with E-state index < -0.39 is 5.97 Å². The first kappa shape index (κ1) is 14.8. The molecule has 104 valence electrons. The maximum Gasteiger partial charge on any atom is 0.315 e.